The molecule has 1 N–H and O–H groups in total. The van der Waals surface area contributed by atoms with Gasteiger partial charge in [0.25, 0.3) is 0 Å². The van der Waals surface area contributed by atoms with Gasteiger partial charge in [0.1, 0.15) is 17.1 Å². The number of ether oxygens (including phenoxy) is 3. The van der Waals surface area contributed by atoms with E-state index in [1.54, 1.807) is 53.7 Å². The Morgan fingerprint density at radius 1 is 0.939 bits per heavy atom. The van der Waals surface area contributed by atoms with Gasteiger partial charge < -0.3 is 19.3 Å². The van der Waals surface area contributed by atoms with Crippen molar-refractivity contribution in [2.24, 2.45) is 11.8 Å². The Hall–Kier alpha value is -2.74. The number of benzene rings is 1. The summed E-state index contributed by atoms with van der Waals surface area (Å²) in [6.45, 7) is 11.5. The molecule has 1 aliphatic rings. The lowest BCUT2D eigenvalue weighted by Gasteiger charge is -2.44. The summed E-state index contributed by atoms with van der Waals surface area (Å²) in [6, 6.07) is 6.04. The lowest BCUT2D eigenvalue weighted by Crippen LogP contribution is -2.56. The summed E-state index contributed by atoms with van der Waals surface area (Å²) in [5, 5.41) is 11.2. The molecule has 8 nitrogen and oxygen atoms in total. The zero-order chi connectivity index (χ0) is 25.4. The summed E-state index contributed by atoms with van der Waals surface area (Å²) in [6.07, 6.45) is -0.405. The quantitative estimate of drug-likeness (QED) is 0.412. The van der Waals surface area contributed by atoms with Crippen LogP contribution < -0.4 is 0 Å². The Bertz CT molecular complexity index is 915. The minimum Gasteiger partial charge on any atom is -0.465 e. The Morgan fingerprint density at radius 3 is 1.88 bits per heavy atom. The molecule has 1 fully saturated rings. The van der Waals surface area contributed by atoms with Gasteiger partial charge in [0, 0.05) is 12.3 Å². The molecule has 8 heteroatoms. The van der Waals surface area contributed by atoms with Crippen molar-refractivity contribution in [3.8, 4) is 0 Å². The van der Waals surface area contributed by atoms with Crippen molar-refractivity contribution in [3.05, 3.63) is 35.4 Å². The topological polar surface area (TPSA) is 116 Å². The van der Waals surface area contributed by atoms with E-state index in [0.29, 0.717) is 5.56 Å². The molecule has 2 rings (SSSR count). The molecular formula is C25H34O8. The maximum absolute atomic E-state index is 13.3. The Morgan fingerprint density at radius 2 is 1.42 bits per heavy atom. The second-order valence-corrected chi connectivity index (χ2v) is 10.7. The van der Waals surface area contributed by atoms with E-state index in [9.17, 15) is 24.3 Å². The third-order valence-electron chi connectivity index (χ3n) is 5.31. The summed E-state index contributed by atoms with van der Waals surface area (Å²) in [7, 11) is 1.25. The molecule has 0 amide bonds. The van der Waals surface area contributed by atoms with E-state index in [0.717, 1.165) is 0 Å². The molecule has 0 aliphatic heterocycles. The first-order valence-electron chi connectivity index (χ1n) is 10.9. The number of esters is 3. The van der Waals surface area contributed by atoms with Crippen molar-refractivity contribution in [3.63, 3.8) is 0 Å². The van der Waals surface area contributed by atoms with Crippen molar-refractivity contribution < 1.29 is 38.5 Å². The monoisotopic (exact) mass is 462 g/mol. The zero-order valence-electron chi connectivity index (χ0n) is 20.6. The van der Waals surface area contributed by atoms with Crippen molar-refractivity contribution >= 4 is 23.7 Å². The van der Waals surface area contributed by atoms with Gasteiger partial charge in [0.05, 0.1) is 24.2 Å². The van der Waals surface area contributed by atoms with Crippen LogP contribution in [0.15, 0.2) is 24.3 Å². The minimum atomic E-state index is -1.76. The molecule has 0 unspecified atom stereocenters. The first-order chi connectivity index (χ1) is 15.0. The molecule has 4 atom stereocenters. The standard InChI is InChI=1S/C25H34O8/c1-23(2,3)32-21(28)18-16(26)13-25(7,30)19(22(29)33-24(4,5)6)17(18)14-9-11-15(12-10-14)20(27)31-8/h9-12,17-19,30H,13H2,1-8H3/t17-,18+,19-,25+/m0/s1. The fourth-order valence-electron chi connectivity index (χ4n) is 4.11. The van der Waals surface area contributed by atoms with Crippen molar-refractivity contribution in [2.45, 2.75) is 77.6 Å². The van der Waals surface area contributed by atoms with Crippen LogP contribution in [0.25, 0.3) is 0 Å². The number of ketones is 1. The van der Waals surface area contributed by atoms with Crippen LogP contribution >= 0.6 is 0 Å². The van der Waals surface area contributed by atoms with E-state index >= 15 is 0 Å². The summed E-state index contributed by atoms with van der Waals surface area (Å²) in [4.78, 5) is 51.4. The van der Waals surface area contributed by atoms with Crippen molar-refractivity contribution in [1.29, 1.82) is 0 Å². The number of carbonyl (C=O) groups is 4. The number of carbonyl (C=O) groups excluding carboxylic acids is 4. The van der Waals surface area contributed by atoms with E-state index in [1.807, 2.05) is 0 Å². The van der Waals surface area contributed by atoms with Gasteiger partial charge in [0.2, 0.25) is 0 Å². The Labute approximate surface area is 194 Å². The van der Waals surface area contributed by atoms with Gasteiger partial charge in [-0.1, -0.05) is 12.1 Å². The number of rotatable bonds is 4. The van der Waals surface area contributed by atoms with Crippen LogP contribution in [0, 0.1) is 11.8 Å². The van der Waals surface area contributed by atoms with Crippen molar-refractivity contribution in [1.82, 2.24) is 0 Å². The fraction of sp³-hybridized carbons (Fsp3) is 0.600. The molecule has 0 saturated heterocycles. The third-order valence-corrected chi connectivity index (χ3v) is 5.31. The van der Waals surface area contributed by atoms with Crippen LogP contribution in [0.1, 0.15) is 76.7 Å². The molecule has 1 aromatic rings. The first kappa shape index (κ1) is 26.5. The van der Waals surface area contributed by atoms with E-state index in [1.165, 1.54) is 26.2 Å². The number of hydrogen-bond acceptors (Lipinski definition) is 8. The van der Waals surface area contributed by atoms with Crippen LogP contribution in [0.3, 0.4) is 0 Å². The summed E-state index contributed by atoms with van der Waals surface area (Å²) >= 11 is 0. The smallest absolute Gasteiger partial charge is 0.337 e. The molecule has 1 saturated carbocycles. The molecule has 1 aliphatic carbocycles. The third kappa shape index (κ3) is 6.41. The van der Waals surface area contributed by atoms with E-state index < -0.39 is 64.7 Å². The SMILES string of the molecule is COC(=O)c1ccc([C@H]2[C@H](C(=O)OC(C)(C)C)C(=O)C[C@@](C)(O)[C@@H]2C(=O)OC(C)(C)C)cc1. The fourth-order valence-corrected chi connectivity index (χ4v) is 4.11. The summed E-state index contributed by atoms with van der Waals surface area (Å²) in [5.41, 5.74) is -2.79. The van der Waals surface area contributed by atoms with Gasteiger partial charge in [-0.05, 0) is 66.2 Å². The van der Waals surface area contributed by atoms with Gasteiger partial charge in [-0.3, -0.25) is 14.4 Å². The lowest BCUT2D eigenvalue weighted by molar-refractivity contribution is -0.182. The zero-order valence-corrected chi connectivity index (χ0v) is 20.6. The Kier molecular flexibility index (Phi) is 7.43. The summed E-state index contributed by atoms with van der Waals surface area (Å²) < 4.78 is 15.8. The van der Waals surface area contributed by atoms with Gasteiger partial charge in [-0.15, -0.1) is 0 Å². The minimum absolute atomic E-state index is 0.262. The molecule has 182 valence electrons. The highest BCUT2D eigenvalue weighted by atomic mass is 16.6. The van der Waals surface area contributed by atoms with Gasteiger partial charge in [-0.2, -0.15) is 0 Å². The Balaban J connectivity index is 2.65. The highest BCUT2D eigenvalue weighted by Gasteiger charge is 2.57. The number of methoxy groups -OCH3 is 1. The highest BCUT2D eigenvalue weighted by molar-refractivity contribution is 6.03. The average molecular weight is 463 g/mol. The van der Waals surface area contributed by atoms with Gasteiger partial charge in [-0.25, -0.2) is 4.79 Å². The largest absolute Gasteiger partial charge is 0.465 e. The average Bonchev–Trinajstić information content (AvgIpc) is 2.63. The molecule has 33 heavy (non-hydrogen) atoms. The number of aliphatic hydroxyl groups is 1. The predicted molar refractivity (Wildman–Crippen MR) is 119 cm³/mol. The van der Waals surface area contributed by atoms with Gasteiger partial charge in [0.15, 0.2) is 5.78 Å². The predicted octanol–water partition coefficient (Wildman–Crippen LogP) is 3.20. The first-order valence-corrected chi connectivity index (χ1v) is 10.9. The van der Waals surface area contributed by atoms with Crippen LogP contribution in [0.2, 0.25) is 0 Å². The molecule has 0 spiro atoms. The van der Waals surface area contributed by atoms with Crippen molar-refractivity contribution in [2.75, 3.05) is 7.11 Å². The molecule has 0 radical (unpaired) electrons. The second-order valence-electron chi connectivity index (χ2n) is 10.7. The number of hydrogen-bond donors (Lipinski definition) is 1. The molecular weight excluding hydrogens is 428 g/mol. The van der Waals surface area contributed by atoms with E-state index in [4.69, 9.17) is 14.2 Å². The van der Waals surface area contributed by atoms with E-state index in [-0.39, 0.29) is 5.56 Å². The summed E-state index contributed by atoms with van der Waals surface area (Å²) in [5.74, 6) is -6.20. The number of Topliss-reactive ketones (excluding diaryl/α,β-unsaturated/α-hetero) is 1. The lowest BCUT2D eigenvalue weighted by atomic mass is 9.61. The molecule has 0 aromatic heterocycles. The normalized spacial score (nSPS) is 25.8. The molecule has 0 bridgehead atoms. The van der Waals surface area contributed by atoms with Crippen LogP contribution in [0.5, 0.6) is 0 Å². The second kappa shape index (κ2) is 9.25. The highest BCUT2D eigenvalue weighted by Crippen LogP contribution is 2.47. The molecule has 0 heterocycles. The van der Waals surface area contributed by atoms with E-state index in [2.05, 4.69) is 0 Å². The molecule has 1 aromatic carbocycles. The maximum atomic E-state index is 13.3. The van der Waals surface area contributed by atoms with Crippen LogP contribution in [-0.4, -0.2) is 52.7 Å². The van der Waals surface area contributed by atoms with Crippen LogP contribution in [-0.2, 0) is 28.6 Å². The van der Waals surface area contributed by atoms with Crippen LogP contribution in [0.4, 0.5) is 0 Å². The maximum Gasteiger partial charge on any atom is 0.337 e. The van der Waals surface area contributed by atoms with Gasteiger partial charge >= 0.3 is 17.9 Å².